The first-order valence-corrected chi connectivity index (χ1v) is 5.89. The van der Waals surface area contributed by atoms with Crippen molar-refractivity contribution in [2.75, 3.05) is 19.6 Å². The van der Waals surface area contributed by atoms with E-state index in [1.165, 1.54) is 0 Å². The van der Waals surface area contributed by atoms with Gasteiger partial charge in [-0.2, -0.15) is 0 Å². The Morgan fingerprint density at radius 3 is 2.62 bits per heavy atom. The van der Waals surface area contributed by atoms with Gasteiger partial charge in [0.2, 0.25) is 0 Å². The summed E-state index contributed by atoms with van der Waals surface area (Å²) >= 11 is 0. The Kier molecular flexibility index (Phi) is 3.73. The predicted molar refractivity (Wildman–Crippen MR) is 65.0 cm³/mol. The Morgan fingerprint density at radius 1 is 1.31 bits per heavy atom. The molecular weight excluding hydrogens is 201 g/mol. The summed E-state index contributed by atoms with van der Waals surface area (Å²) in [7, 11) is 0. The molecule has 0 radical (unpaired) electrons. The molecule has 0 bridgehead atoms. The fourth-order valence-corrected chi connectivity index (χ4v) is 2.42. The molecule has 0 atom stereocenters. The van der Waals surface area contributed by atoms with Crippen LogP contribution in [0, 0.1) is 5.82 Å². The highest BCUT2D eigenvalue weighted by Gasteiger charge is 2.21. The van der Waals surface area contributed by atoms with Gasteiger partial charge in [0.1, 0.15) is 5.82 Å². The summed E-state index contributed by atoms with van der Waals surface area (Å²) in [6.07, 6.45) is 4.03. The van der Waals surface area contributed by atoms with E-state index in [0.717, 1.165) is 38.0 Å². The van der Waals surface area contributed by atoms with E-state index in [2.05, 4.69) is 11.5 Å². The van der Waals surface area contributed by atoms with Crippen LogP contribution >= 0.6 is 0 Å². The lowest BCUT2D eigenvalue weighted by Crippen LogP contribution is -2.33. The van der Waals surface area contributed by atoms with Crippen LogP contribution < -0.4 is 0 Å². The molecule has 0 aliphatic carbocycles. The van der Waals surface area contributed by atoms with Crippen LogP contribution in [0.4, 0.5) is 4.39 Å². The Labute approximate surface area is 96.6 Å². The highest BCUT2D eigenvalue weighted by atomic mass is 19.1. The maximum atomic E-state index is 13.6. The Hall–Kier alpha value is -1.15. The average Bonchev–Trinajstić information content (AvgIpc) is 2.31. The van der Waals surface area contributed by atoms with Crippen molar-refractivity contribution in [2.24, 2.45) is 0 Å². The zero-order valence-corrected chi connectivity index (χ0v) is 9.53. The molecule has 1 aliphatic rings. The van der Waals surface area contributed by atoms with Crippen molar-refractivity contribution in [3.05, 3.63) is 48.3 Å². The van der Waals surface area contributed by atoms with Gasteiger partial charge in [0.25, 0.3) is 0 Å². The fraction of sp³-hybridized carbons (Fsp3) is 0.429. The molecule has 1 aromatic rings. The molecule has 86 valence electrons. The monoisotopic (exact) mass is 219 g/mol. The van der Waals surface area contributed by atoms with E-state index in [9.17, 15) is 4.39 Å². The average molecular weight is 219 g/mol. The van der Waals surface area contributed by atoms with Gasteiger partial charge in [0, 0.05) is 6.54 Å². The Morgan fingerprint density at radius 2 is 2.00 bits per heavy atom. The molecule has 0 N–H and O–H groups in total. The van der Waals surface area contributed by atoms with Gasteiger partial charge in [-0.1, -0.05) is 24.3 Å². The van der Waals surface area contributed by atoms with Crippen LogP contribution in [0.15, 0.2) is 36.9 Å². The molecule has 16 heavy (non-hydrogen) atoms. The number of piperidine rings is 1. The summed E-state index contributed by atoms with van der Waals surface area (Å²) in [4.78, 5) is 2.37. The van der Waals surface area contributed by atoms with Gasteiger partial charge in [-0.3, -0.25) is 4.90 Å². The summed E-state index contributed by atoms with van der Waals surface area (Å²) in [5, 5.41) is 0. The smallest absolute Gasteiger partial charge is 0.126 e. The third-order valence-electron chi connectivity index (χ3n) is 3.32. The van der Waals surface area contributed by atoms with Crippen molar-refractivity contribution in [3.63, 3.8) is 0 Å². The Balaban J connectivity index is 1.99. The molecular formula is C14H18FN. The lowest BCUT2D eigenvalue weighted by molar-refractivity contribution is 0.231. The third-order valence-corrected chi connectivity index (χ3v) is 3.32. The molecule has 0 unspecified atom stereocenters. The molecule has 0 spiro atoms. The first-order valence-electron chi connectivity index (χ1n) is 5.89. The Bertz CT molecular complexity index is 354. The van der Waals surface area contributed by atoms with Gasteiger partial charge in [-0.15, -0.1) is 6.58 Å². The number of halogens is 1. The van der Waals surface area contributed by atoms with E-state index in [1.807, 2.05) is 18.2 Å². The zero-order chi connectivity index (χ0) is 11.4. The highest BCUT2D eigenvalue weighted by Crippen LogP contribution is 2.29. The first-order chi connectivity index (χ1) is 7.81. The van der Waals surface area contributed by atoms with Crippen molar-refractivity contribution < 1.29 is 4.39 Å². The minimum atomic E-state index is -0.0512. The molecule has 1 aromatic carbocycles. The van der Waals surface area contributed by atoms with Crippen LogP contribution in [-0.4, -0.2) is 24.5 Å². The van der Waals surface area contributed by atoms with Gasteiger partial charge < -0.3 is 0 Å². The van der Waals surface area contributed by atoms with Gasteiger partial charge in [-0.05, 0) is 43.5 Å². The van der Waals surface area contributed by atoms with E-state index in [0.29, 0.717) is 5.92 Å². The standard InChI is InChI=1S/C14H18FN/c1-2-9-16-10-7-12(8-11-16)13-5-3-4-6-14(13)15/h2-6,12H,1,7-11H2. The van der Waals surface area contributed by atoms with Crippen LogP contribution in [-0.2, 0) is 0 Å². The van der Waals surface area contributed by atoms with E-state index >= 15 is 0 Å². The molecule has 1 fully saturated rings. The minimum Gasteiger partial charge on any atom is -0.300 e. The van der Waals surface area contributed by atoms with Crippen molar-refractivity contribution in [2.45, 2.75) is 18.8 Å². The summed E-state index contributed by atoms with van der Waals surface area (Å²) in [6.45, 7) is 6.79. The normalized spacial score (nSPS) is 18.6. The van der Waals surface area contributed by atoms with Crippen LogP contribution in [0.25, 0.3) is 0 Å². The van der Waals surface area contributed by atoms with Crippen LogP contribution in [0.1, 0.15) is 24.3 Å². The maximum Gasteiger partial charge on any atom is 0.126 e. The lowest BCUT2D eigenvalue weighted by atomic mass is 9.89. The number of hydrogen-bond donors (Lipinski definition) is 0. The highest BCUT2D eigenvalue weighted by molar-refractivity contribution is 5.22. The van der Waals surface area contributed by atoms with E-state index in [4.69, 9.17) is 0 Å². The molecule has 0 saturated carbocycles. The van der Waals surface area contributed by atoms with E-state index in [1.54, 1.807) is 12.1 Å². The third kappa shape index (κ3) is 2.50. The first kappa shape index (κ1) is 11.3. The number of rotatable bonds is 3. The molecule has 1 aliphatic heterocycles. The molecule has 0 amide bonds. The molecule has 1 saturated heterocycles. The molecule has 1 heterocycles. The molecule has 0 aromatic heterocycles. The van der Waals surface area contributed by atoms with E-state index < -0.39 is 0 Å². The van der Waals surface area contributed by atoms with Crippen molar-refractivity contribution >= 4 is 0 Å². The number of benzene rings is 1. The molecule has 2 heteroatoms. The van der Waals surface area contributed by atoms with Gasteiger partial charge in [0.15, 0.2) is 0 Å². The number of nitrogens with zero attached hydrogens (tertiary/aromatic N) is 1. The second-order valence-electron chi connectivity index (χ2n) is 4.39. The van der Waals surface area contributed by atoms with Gasteiger partial charge in [-0.25, -0.2) is 4.39 Å². The SMILES string of the molecule is C=CCN1CCC(c2ccccc2F)CC1. The summed E-state index contributed by atoms with van der Waals surface area (Å²) < 4.78 is 13.6. The van der Waals surface area contributed by atoms with Crippen LogP contribution in [0.5, 0.6) is 0 Å². The second kappa shape index (κ2) is 5.26. The van der Waals surface area contributed by atoms with Crippen molar-refractivity contribution in [3.8, 4) is 0 Å². The summed E-state index contributed by atoms with van der Waals surface area (Å²) in [5.74, 6) is 0.340. The summed E-state index contributed by atoms with van der Waals surface area (Å²) in [6, 6.07) is 7.16. The number of likely N-dealkylation sites (tertiary alicyclic amines) is 1. The summed E-state index contributed by atoms with van der Waals surface area (Å²) in [5.41, 5.74) is 0.890. The molecule has 2 rings (SSSR count). The van der Waals surface area contributed by atoms with Crippen molar-refractivity contribution in [1.82, 2.24) is 4.90 Å². The van der Waals surface area contributed by atoms with E-state index in [-0.39, 0.29) is 5.82 Å². The van der Waals surface area contributed by atoms with Crippen LogP contribution in [0.3, 0.4) is 0 Å². The van der Waals surface area contributed by atoms with Crippen molar-refractivity contribution in [1.29, 1.82) is 0 Å². The maximum absolute atomic E-state index is 13.6. The topological polar surface area (TPSA) is 3.24 Å². The lowest BCUT2D eigenvalue weighted by Gasteiger charge is -2.31. The second-order valence-corrected chi connectivity index (χ2v) is 4.39. The molecule has 1 nitrogen and oxygen atoms in total. The zero-order valence-electron chi connectivity index (χ0n) is 9.53. The number of hydrogen-bond acceptors (Lipinski definition) is 1. The van der Waals surface area contributed by atoms with Crippen LogP contribution in [0.2, 0.25) is 0 Å². The largest absolute Gasteiger partial charge is 0.300 e. The van der Waals surface area contributed by atoms with Gasteiger partial charge in [0.05, 0.1) is 0 Å². The fourth-order valence-electron chi connectivity index (χ4n) is 2.42. The minimum absolute atomic E-state index is 0.0512. The predicted octanol–water partition coefficient (Wildman–Crippen LogP) is 3.19. The quantitative estimate of drug-likeness (QED) is 0.706. The van der Waals surface area contributed by atoms with Gasteiger partial charge >= 0.3 is 0 Å².